The zero-order valence-corrected chi connectivity index (χ0v) is 17.3. The lowest BCUT2D eigenvalue weighted by atomic mass is 10.2. The minimum atomic E-state index is 0.975. The molecule has 3 aromatic heterocycles. The molecule has 0 radical (unpaired) electrons. The van der Waals surface area contributed by atoms with Gasteiger partial charge in [-0.15, -0.1) is 0 Å². The van der Waals surface area contributed by atoms with Gasteiger partial charge in [0, 0.05) is 57.0 Å². The van der Waals surface area contributed by atoms with Crippen molar-refractivity contribution in [3.8, 4) is 0 Å². The van der Waals surface area contributed by atoms with Gasteiger partial charge >= 0.3 is 0 Å². The summed E-state index contributed by atoms with van der Waals surface area (Å²) in [5, 5.41) is 1.23. The molecule has 2 aliphatic rings. The Labute approximate surface area is 172 Å². The number of fused-ring (bicyclic) bond motifs is 1. The average molecular weight is 391 g/mol. The Morgan fingerprint density at radius 3 is 2.24 bits per heavy atom. The maximum atomic E-state index is 5.05. The van der Waals surface area contributed by atoms with E-state index in [0.29, 0.717) is 0 Å². The minimum Gasteiger partial charge on any atom is -0.353 e. The van der Waals surface area contributed by atoms with E-state index in [2.05, 4.69) is 67.7 Å². The minimum absolute atomic E-state index is 0.975. The first-order chi connectivity index (χ1) is 14.3. The number of aromatic nitrogens is 3. The second kappa shape index (κ2) is 8.03. The first-order valence-corrected chi connectivity index (χ1v) is 10.9. The van der Waals surface area contributed by atoms with Crippen molar-refractivity contribution in [3.05, 3.63) is 48.3 Å². The molecule has 2 saturated heterocycles. The second-order valence-corrected chi connectivity index (χ2v) is 8.31. The molecule has 0 aliphatic carbocycles. The van der Waals surface area contributed by atoms with Gasteiger partial charge in [-0.3, -0.25) is 0 Å². The fourth-order valence-corrected chi connectivity index (χ4v) is 4.47. The number of pyridine rings is 2. The van der Waals surface area contributed by atoms with Gasteiger partial charge in [0.2, 0.25) is 0 Å². The van der Waals surface area contributed by atoms with E-state index in [1.807, 2.05) is 6.20 Å². The Morgan fingerprint density at radius 1 is 0.793 bits per heavy atom. The van der Waals surface area contributed by atoms with Gasteiger partial charge in [0.25, 0.3) is 0 Å². The van der Waals surface area contributed by atoms with Crippen LogP contribution >= 0.6 is 0 Å². The molecule has 6 heteroatoms. The third-order valence-corrected chi connectivity index (χ3v) is 6.28. The molecule has 3 aromatic rings. The van der Waals surface area contributed by atoms with Crippen molar-refractivity contribution in [2.24, 2.45) is 0 Å². The molecule has 0 atom stereocenters. The van der Waals surface area contributed by atoms with E-state index in [-0.39, 0.29) is 0 Å². The van der Waals surface area contributed by atoms with Gasteiger partial charge in [-0.25, -0.2) is 9.97 Å². The average Bonchev–Trinajstić information content (AvgIpc) is 3.42. The molecule has 0 saturated carbocycles. The maximum Gasteiger partial charge on any atom is 0.142 e. The molecule has 152 valence electrons. The second-order valence-electron chi connectivity index (χ2n) is 8.31. The van der Waals surface area contributed by atoms with Crippen LogP contribution in [0.5, 0.6) is 0 Å². The summed E-state index contributed by atoms with van der Waals surface area (Å²) in [5.74, 6) is 2.17. The van der Waals surface area contributed by atoms with Gasteiger partial charge in [0.1, 0.15) is 17.3 Å². The smallest absolute Gasteiger partial charge is 0.142 e. The molecule has 0 bridgehead atoms. The van der Waals surface area contributed by atoms with Crippen LogP contribution in [0.2, 0.25) is 0 Å². The molecule has 6 nitrogen and oxygen atoms in total. The van der Waals surface area contributed by atoms with Gasteiger partial charge in [0.05, 0.1) is 0 Å². The summed E-state index contributed by atoms with van der Waals surface area (Å²) in [4.78, 5) is 17.0. The molecular formula is C23H30N6. The molecule has 5 rings (SSSR count). The van der Waals surface area contributed by atoms with E-state index >= 15 is 0 Å². The van der Waals surface area contributed by atoms with Crippen LogP contribution in [0.1, 0.15) is 18.4 Å². The summed E-state index contributed by atoms with van der Waals surface area (Å²) >= 11 is 0. The van der Waals surface area contributed by atoms with Crippen LogP contribution < -0.4 is 9.80 Å². The van der Waals surface area contributed by atoms with Gasteiger partial charge in [0.15, 0.2) is 0 Å². The molecule has 0 amide bonds. The Hall–Kier alpha value is -2.60. The van der Waals surface area contributed by atoms with Crippen LogP contribution in [0.3, 0.4) is 0 Å². The largest absolute Gasteiger partial charge is 0.353 e. The first kappa shape index (κ1) is 18.4. The van der Waals surface area contributed by atoms with E-state index in [1.165, 1.54) is 36.9 Å². The van der Waals surface area contributed by atoms with E-state index in [4.69, 9.17) is 4.98 Å². The number of hydrogen-bond acceptors (Lipinski definition) is 5. The monoisotopic (exact) mass is 390 g/mol. The highest BCUT2D eigenvalue weighted by molar-refractivity contribution is 5.78. The number of aryl methyl sites for hydroxylation is 1. The van der Waals surface area contributed by atoms with E-state index < -0.39 is 0 Å². The lowest BCUT2D eigenvalue weighted by Gasteiger charge is -2.36. The number of rotatable bonds is 5. The molecule has 5 heterocycles. The van der Waals surface area contributed by atoms with Gasteiger partial charge in [-0.2, -0.15) is 0 Å². The zero-order chi connectivity index (χ0) is 19.6. The molecule has 0 unspecified atom stereocenters. The summed E-state index contributed by atoms with van der Waals surface area (Å²) in [6.45, 7) is 10.6. The normalized spacial score (nSPS) is 18.1. The molecule has 2 fully saturated rings. The SMILES string of the molecule is Cc1ccc(N2CCN(c3ccc4ccn(CCN5CCCC5)c4n3)CC2)nc1. The zero-order valence-electron chi connectivity index (χ0n) is 17.3. The van der Waals surface area contributed by atoms with Gasteiger partial charge < -0.3 is 19.3 Å². The Morgan fingerprint density at radius 2 is 1.52 bits per heavy atom. The molecule has 0 N–H and O–H groups in total. The molecule has 0 aromatic carbocycles. The number of hydrogen-bond donors (Lipinski definition) is 0. The van der Waals surface area contributed by atoms with E-state index in [9.17, 15) is 0 Å². The van der Waals surface area contributed by atoms with E-state index in [1.54, 1.807) is 0 Å². The lowest BCUT2D eigenvalue weighted by molar-refractivity contribution is 0.324. The lowest BCUT2D eigenvalue weighted by Crippen LogP contribution is -2.47. The number of piperazine rings is 1. The third kappa shape index (κ3) is 3.94. The predicted molar refractivity (Wildman–Crippen MR) is 119 cm³/mol. The van der Waals surface area contributed by atoms with Crippen LogP contribution in [0.25, 0.3) is 11.0 Å². The fourth-order valence-electron chi connectivity index (χ4n) is 4.47. The van der Waals surface area contributed by atoms with Crippen LogP contribution in [-0.2, 0) is 6.54 Å². The molecule has 29 heavy (non-hydrogen) atoms. The molecule has 2 aliphatic heterocycles. The maximum absolute atomic E-state index is 5.05. The van der Waals surface area contributed by atoms with Gasteiger partial charge in [-0.05, 0) is 62.7 Å². The van der Waals surface area contributed by atoms with Crippen LogP contribution in [0.4, 0.5) is 11.6 Å². The van der Waals surface area contributed by atoms with Crippen LogP contribution in [-0.4, -0.2) is 65.2 Å². The highest BCUT2D eigenvalue weighted by atomic mass is 15.3. The number of likely N-dealkylation sites (tertiary alicyclic amines) is 1. The van der Waals surface area contributed by atoms with Crippen molar-refractivity contribution >= 4 is 22.7 Å². The summed E-state index contributed by atoms with van der Waals surface area (Å²) in [7, 11) is 0. The number of anilines is 2. The van der Waals surface area contributed by atoms with Crippen molar-refractivity contribution in [1.82, 2.24) is 19.4 Å². The van der Waals surface area contributed by atoms with Crippen molar-refractivity contribution in [1.29, 1.82) is 0 Å². The van der Waals surface area contributed by atoms with Crippen molar-refractivity contribution < 1.29 is 0 Å². The van der Waals surface area contributed by atoms with E-state index in [0.717, 1.165) is 56.6 Å². The summed E-state index contributed by atoms with van der Waals surface area (Å²) in [5.41, 5.74) is 2.32. The van der Waals surface area contributed by atoms with Crippen LogP contribution in [0.15, 0.2) is 42.7 Å². The number of nitrogens with zero attached hydrogens (tertiary/aromatic N) is 6. The standard InChI is InChI=1S/C23H30N6/c1-19-4-6-21(24-18-19)27-14-16-28(17-15-27)22-7-5-20-8-11-29(23(20)25-22)13-12-26-9-2-3-10-26/h4-8,11,18H,2-3,9-10,12-17H2,1H3. The fraction of sp³-hybridized carbons (Fsp3) is 0.478. The third-order valence-electron chi connectivity index (χ3n) is 6.28. The summed E-state index contributed by atoms with van der Waals surface area (Å²) in [6.07, 6.45) is 6.84. The topological polar surface area (TPSA) is 40.4 Å². The Balaban J connectivity index is 1.26. The summed E-state index contributed by atoms with van der Waals surface area (Å²) < 4.78 is 2.32. The van der Waals surface area contributed by atoms with Crippen molar-refractivity contribution in [2.45, 2.75) is 26.3 Å². The van der Waals surface area contributed by atoms with Gasteiger partial charge in [-0.1, -0.05) is 6.07 Å². The van der Waals surface area contributed by atoms with Crippen molar-refractivity contribution in [3.63, 3.8) is 0 Å². The Kier molecular flexibility index (Phi) is 5.10. The quantitative estimate of drug-likeness (QED) is 0.669. The van der Waals surface area contributed by atoms with Crippen LogP contribution in [0, 0.1) is 6.92 Å². The Bertz CT molecular complexity index is 949. The summed E-state index contributed by atoms with van der Waals surface area (Å²) in [6, 6.07) is 10.9. The molecule has 0 spiro atoms. The first-order valence-electron chi connectivity index (χ1n) is 10.9. The highest BCUT2D eigenvalue weighted by Gasteiger charge is 2.20. The predicted octanol–water partition coefficient (Wildman–Crippen LogP) is 3.16. The highest BCUT2D eigenvalue weighted by Crippen LogP contribution is 2.22. The van der Waals surface area contributed by atoms with Crippen molar-refractivity contribution in [2.75, 3.05) is 55.6 Å². The molecular weight excluding hydrogens is 360 g/mol.